The van der Waals surface area contributed by atoms with Crippen LogP contribution >= 0.6 is 11.6 Å². The Kier molecular flexibility index (Phi) is 4.36. The highest BCUT2D eigenvalue weighted by Crippen LogP contribution is 2.33. The molecule has 0 bridgehead atoms. The Morgan fingerprint density at radius 1 is 1.20 bits per heavy atom. The molecule has 2 N–H and O–H groups in total. The van der Waals surface area contributed by atoms with Gasteiger partial charge >= 0.3 is 6.18 Å². The highest BCUT2D eigenvalue weighted by Gasteiger charge is 2.42. The minimum absolute atomic E-state index is 0.0702. The van der Waals surface area contributed by atoms with Gasteiger partial charge in [-0.25, -0.2) is 4.98 Å². The summed E-state index contributed by atoms with van der Waals surface area (Å²) in [6.07, 6.45) is -3.03. The number of aromatic amines is 1. The third-order valence-corrected chi connectivity index (χ3v) is 4.22. The van der Waals surface area contributed by atoms with Gasteiger partial charge in [-0.15, -0.1) is 0 Å². The Morgan fingerprint density at radius 3 is 2.56 bits per heavy atom. The van der Waals surface area contributed by atoms with Gasteiger partial charge in [0.25, 0.3) is 5.56 Å². The maximum absolute atomic E-state index is 13.3. The lowest BCUT2D eigenvalue weighted by Gasteiger charge is -2.26. The average Bonchev–Trinajstić information content (AvgIpc) is 2.50. The van der Waals surface area contributed by atoms with Crippen LogP contribution in [0.1, 0.15) is 13.8 Å². The third kappa shape index (κ3) is 3.28. The van der Waals surface area contributed by atoms with E-state index in [4.69, 9.17) is 11.6 Å². The Hall–Kier alpha value is -2.28. The fourth-order valence-corrected chi connectivity index (χ4v) is 2.99. The van der Waals surface area contributed by atoms with Gasteiger partial charge in [-0.05, 0) is 30.2 Å². The van der Waals surface area contributed by atoms with Crippen molar-refractivity contribution in [3.05, 3.63) is 45.8 Å². The zero-order valence-electron chi connectivity index (χ0n) is 13.4. The molecule has 8 heteroatoms. The van der Waals surface area contributed by atoms with E-state index in [0.717, 1.165) is 0 Å². The molecule has 3 aromatic rings. The summed E-state index contributed by atoms with van der Waals surface area (Å²) in [4.78, 5) is 19.0. The first kappa shape index (κ1) is 17.5. The summed E-state index contributed by atoms with van der Waals surface area (Å²) in [6.45, 7) is 2.96. The Bertz CT molecular complexity index is 998. The summed E-state index contributed by atoms with van der Waals surface area (Å²) in [5.41, 5.74) is -0.0780. The number of anilines is 1. The smallest absolute Gasteiger partial charge is 0.358 e. The fourth-order valence-electron chi connectivity index (χ4n) is 2.82. The number of benzene rings is 1. The number of pyridine rings is 2. The number of aromatic nitrogens is 2. The summed E-state index contributed by atoms with van der Waals surface area (Å²) < 4.78 is 40.0. The minimum atomic E-state index is -4.43. The maximum atomic E-state index is 13.3. The Balaban J connectivity index is 2.29. The topological polar surface area (TPSA) is 57.8 Å². The molecule has 0 aliphatic carbocycles. The molecule has 1 aromatic carbocycles. The van der Waals surface area contributed by atoms with Crippen molar-refractivity contribution >= 4 is 39.1 Å². The Morgan fingerprint density at radius 2 is 1.92 bits per heavy atom. The first-order valence-corrected chi connectivity index (χ1v) is 8.00. The standard InChI is InChI=1S/C17H15ClF3N3O/c1-8(2)14(17(19,20)21)24-15-10-4-3-9(18)7-11(10)13-12(23-15)5-6-22-16(13)25/h3-8,14H,1-2H3,(H,22,25)(H,23,24). The molecule has 0 amide bonds. The zero-order chi connectivity index (χ0) is 18.4. The monoisotopic (exact) mass is 369 g/mol. The summed E-state index contributed by atoms with van der Waals surface area (Å²) in [7, 11) is 0. The number of hydrogen-bond donors (Lipinski definition) is 2. The third-order valence-electron chi connectivity index (χ3n) is 3.99. The van der Waals surface area contributed by atoms with Crippen molar-refractivity contribution in [1.82, 2.24) is 9.97 Å². The van der Waals surface area contributed by atoms with E-state index in [2.05, 4.69) is 15.3 Å². The zero-order valence-corrected chi connectivity index (χ0v) is 14.2. The average molecular weight is 370 g/mol. The molecule has 0 radical (unpaired) electrons. The molecule has 0 spiro atoms. The summed E-state index contributed by atoms with van der Waals surface area (Å²) in [6, 6.07) is 4.45. The number of fused-ring (bicyclic) bond motifs is 3. The van der Waals surface area contributed by atoms with Crippen molar-refractivity contribution < 1.29 is 13.2 Å². The van der Waals surface area contributed by atoms with E-state index >= 15 is 0 Å². The van der Waals surface area contributed by atoms with Crippen LogP contribution in [0.3, 0.4) is 0 Å². The van der Waals surface area contributed by atoms with Crippen LogP contribution in [0.5, 0.6) is 0 Å². The van der Waals surface area contributed by atoms with E-state index in [-0.39, 0.29) is 11.4 Å². The lowest BCUT2D eigenvalue weighted by atomic mass is 10.0. The highest BCUT2D eigenvalue weighted by atomic mass is 35.5. The molecule has 0 fully saturated rings. The predicted molar refractivity (Wildman–Crippen MR) is 93.2 cm³/mol. The molecular weight excluding hydrogens is 355 g/mol. The van der Waals surface area contributed by atoms with Crippen LogP contribution in [-0.2, 0) is 0 Å². The molecule has 1 atom stereocenters. The molecule has 2 aromatic heterocycles. The van der Waals surface area contributed by atoms with E-state index in [9.17, 15) is 18.0 Å². The normalized spacial score (nSPS) is 13.6. The highest BCUT2D eigenvalue weighted by molar-refractivity contribution is 6.32. The van der Waals surface area contributed by atoms with Crippen molar-refractivity contribution in [3.8, 4) is 0 Å². The second kappa shape index (κ2) is 6.22. The van der Waals surface area contributed by atoms with Gasteiger partial charge < -0.3 is 10.3 Å². The van der Waals surface area contributed by atoms with E-state index in [1.807, 2.05) is 0 Å². The molecule has 4 nitrogen and oxygen atoms in total. The van der Waals surface area contributed by atoms with Crippen LogP contribution in [0.25, 0.3) is 21.7 Å². The predicted octanol–water partition coefficient (Wildman–Crippen LogP) is 4.73. The molecule has 0 aliphatic rings. The van der Waals surface area contributed by atoms with Crippen LogP contribution in [0.2, 0.25) is 5.02 Å². The van der Waals surface area contributed by atoms with Crippen LogP contribution < -0.4 is 10.9 Å². The van der Waals surface area contributed by atoms with Crippen LogP contribution in [0, 0.1) is 5.92 Å². The van der Waals surface area contributed by atoms with Gasteiger partial charge in [-0.3, -0.25) is 4.79 Å². The molecule has 2 heterocycles. The first-order valence-electron chi connectivity index (χ1n) is 7.62. The molecule has 3 rings (SSSR count). The minimum Gasteiger partial charge on any atom is -0.358 e. The van der Waals surface area contributed by atoms with Gasteiger partial charge in [-0.1, -0.05) is 25.4 Å². The van der Waals surface area contributed by atoms with Crippen molar-refractivity contribution in [1.29, 1.82) is 0 Å². The second-order valence-corrected chi connectivity index (χ2v) is 6.56. The van der Waals surface area contributed by atoms with Crippen molar-refractivity contribution in [2.24, 2.45) is 5.92 Å². The van der Waals surface area contributed by atoms with Gasteiger partial charge in [-0.2, -0.15) is 13.2 Å². The van der Waals surface area contributed by atoms with Crippen molar-refractivity contribution in [2.45, 2.75) is 26.1 Å². The fraction of sp³-hybridized carbons (Fsp3) is 0.294. The number of rotatable bonds is 3. The van der Waals surface area contributed by atoms with Crippen molar-refractivity contribution in [3.63, 3.8) is 0 Å². The Labute approximate surface area is 146 Å². The van der Waals surface area contributed by atoms with Gasteiger partial charge in [0.1, 0.15) is 11.9 Å². The number of H-pyrrole nitrogens is 1. The first-order chi connectivity index (χ1) is 11.7. The summed E-state index contributed by atoms with van der Waals surface area (Å²) in [5.74, 6) is -0.625. The van der Waals surface area contributed by atoms with E-state index in [1.54, 1.807) is 24.3 Å². The quantitative estimate of drug-likeness (QED) is 0.656. The second-order valence-electron chi connectivity index (χ2n) is 6.12. The lowest BCUT2D eigenvalue weighted by Crippen LogP contribution is -2.40. The van der Waals surface area contributed by atoms with Crippen LogP contribution in [0.15, 0.2) is 35.3 Å². The van der Waals surface area contributed by atoms with E-state index < -0.39 is 18.1 Å². The molecule has 0 aliphatic heterocycles. The van der Waals surface area contributed by atoms with Gasteiger partial charge in [0.2, 0.25) is 0 Å². The van der Waals surface area contributed by atoms with Gasteiger partial charge in [0.05, 0.1) is 10.9 Å². The SMILES string of the molecule is CC(C)C(Nc1nc2cc[nH]c(=O)c2c2cc(Cl)ccc12)C(F)(F)F. The number of alkyl halides is 3. The van der Waals surface area contributed by atoms with Gasteiger partial charge in [0.15, 0.2) is 0 Å². The van der Waals surface area contributed by atoms with Gasteiger partial charge in [0, 0.05) is 22.0 Å². The van der Waals surface area contributed by atoms with Crippen LogP contribution in [-0.4, -0.2) is 22.2 Å². The maximum Gasteiger partial charge on any atom is 0.408 e. The number of hydrogen-bond acceptors (Lipinski definition) is 3. The lowest BCUT2D eigenvalue weighted by molar-refractivity contribution is -0.150. The molecule has 1 unspecified atom stereocenters. The van der Waals surface area contributed by atoms with Crippen LogP contribution in [0.4, 0.5) is 19.0 Å². The van der Waals surface area contributed by atoms with Crippen molar-refractivity contribution in [2.75, 3.05) is 5.32 Å². The number of halogens is 4. The molecule has 0 saturated heterocycles. The van der Waals surface area contributed by atoms with E-state index in [1.165, 1.54) is 20.0 Å². The summed E-state index contributed by atoms with van der Waals surface area (Å²) in [5, 5.41) is 4.03. The number of nitrogens with zero attached hydrogens (tertiary/aromatic N) is 1. The largest absolute Gasteiger partial charge is 0.408 e. The number of nitrogens with one attached hydrogen (secondary N) is 2. The summed E-state index contributed by atoms with van der Waals surface area (Å²) >= 11 is 6.02. The molecule has 132 valence electrons. The molecule has 0 saturated carbocycles. The molecule has 25 heavy (non-hydrogen) atoms. The molecular formula is C17H15ClF3N3O. The van der Waals surface area contributed by atoms with E-state index in [0.29, 0.717) is 26.7 Å².